The Morgan fingerprint density at radius 2 is 1.29 bits per heavy atom. The number of hydrogen-bond acceptors (Lipinski definition) is 8. The molecule has 0 aliphatic rings. The number of hydrogen-bond donors (Lipinski definition) is 1. The van der Waals surface area contributed by atoms with Crippen molar-refractivity contribution < 1.29 is 97.4 Å². The molecule has 0 amide bonds. The molecule has 1 N–H and O–H groups in total. The molecule has 0 aromatic rings. The van der Waals surface area contributed by atoms with Crippen molar-refractivity contribution in [2.24, 2.45) is 0 Å². The number of aliphatic hydroxyl groups is 1. The number of carbonyl (C=O) groups is 1. The fourth-order valence-corrected chi connectivity index (χ4v) is 3.36. The van der Waals surface area contributed by atoms with Crippen LogP contribution < -0.4 is 68.9 Å². The summed E-state index contributed by atoms with van der Waals surface area (Å²) in [5, 5.41) is 8.63. The maximum Gasteiger partial charge on any atom is 1.00 e. The Morgan fingerprint density at radius 1 is 0.839 bits per heavy atom. The topological polar surface area (TPSA) is 128 Å². The monoisotopic (exact) mass is 484 g/mol. The van der Waals surface area contributed by atoms with E-state index in [4.69, 9.17) is 9.84 Å². The van der Waals surface area contributed by atoms with E-state index < -0.39 is 33.3 Å². The molecule has 0 saturated carbocycles. The zero-order valence-corrected chi connectivity index (χ0v) is 24.7. The van der Waals surface area contributed by atoms with E-state index in [9.17, 15) is 19.1 Å². The van der Waals surface area contributed by atoms with Crippen LogP contribution in [0.25, 0.3) is 0 Å². The van der Waals surface area contributed by atoms with E-state index in [1.54, 1.807) is 0 Å². The van der Waals surface area contributed by atoms with Crippen LogP contribution in [0.5, 0.6) is 0 Å². The quantitative estimate of drug-likeness (QED) is 0.0609. The van der Waals surface area contributed by atoms with Gasteiger partial charge < -0.3 is 33.5 Å². The van der Waals surface area contributed by atoms with Gasteiger partial charge in [-0.05, 0) is 6.42 Å². The predicted molar refractivity (Wildman–Crippen MR) is 107 cm³/mol. The minimum atomic E-state index is -5.16. The minimum absolute atomic E-state index is 0. The van der Waals surface area contributed by atoms with Crippen LogP contribution in [0.3, 0.4) is 0 Å². The number of rotatable bonds is 21. The molecule has 0 aromatic heterocycles. The zero-order valence-electron chi connectivity index (χ0n) is 19.9. The Hall–Kier alpha value is 1.50. The Morgan fingerprint density at radius 3 is 1.71 bits per heavy atom. The van der Waals surface area contributed by atoms with Gasteiger partial charge in [0.05, 0.1) is 21.0 Å². The third-order valence-corrected chi connectivity index (χ3v) is 5.06. The zero-order chi connectivity index (χ0) is 21.8. The fourth-order valence-electron chi connectivity index (χ4n) is 3.01. The molecule has 0 heterocycles. The van der Waals surface area contributed by atoms with Crippen molar-refractivity contribution in [3.05, 3.63) is 0 Å². The summed E-state index contributed by atoms with van der Waals surface area (Å²) < 4.78 is 24.4. The van der Waals surface area contributed by atoms with Crippen molar-refractivity contribution in [3.8, 4) is 0 Å². The van der Waals surface area contributed by atoms with Crippen LogP contribution in [0, 0.1) is 0 Å². The van der Waals surface area contributed by atoms with Gasteiger partial charge in [0.1, 0.15) is 12.9 Å². The van der Waals surface area contributed by atoms with Gasteiger partial charge in [-0.3, -0.25) is 4.79 Å². The van der Waals surface area contributed by atoms with Crippen LogP contribution in [0.2, 0.25) is 0 Å². The molecule has 0 bridgehead atoms. The van der Waals surface area contributed by atoms with Gasteiger partial charge in [0, 0.05) is 6.42 Å². The van der Waals surface area contributed by atoms with E-state index in [2.05, 4.69) is 16.2 Å². The number of phosphoric acid groups is 1. The van der Waals surface area contributed by atoms with Gasteiger partial charge in [-0.1, -0.05) is 84.0 Å². The average Bonchev–Trinajstić information content (AvgIpc) is 2.67. The standard InChI is InChI=1S/C20H41O8P.2Na/c1-2-3-4-5-6-7-8-9-10-11-12-13-14-15-20(22)28-19(16-26-18-21)17-27-29(23,24)25;;/h19,21H,2-18H2,1H3,(H2,23,24,25);;/q;2*+1/p-2/t19-;;/m1../s1. The van der Waals surface area contributed by atoms with Crippen LogP contribution >= 0.6 is 7.82 Å². The molecule has 8 nitrogen and oxygen atoms in total. The van der Waals surface area contributed by atoms with Crippen LogP contribution in [0.1, 0.15) is 96.8 Å². The second kappa shape index (κ2) is 26.1. The Bertz CT molecular complexity index is 437. The molecule has 174 valence electrons. The largest absolute Gasteiger partial charge is 1.00 e. The van der Waals surface area contributed by atoms with Crippen molar-refractivity contribution in [3.63, 3.8) is 0 Å². The smallest absolute Gasteiger partial charge is 0.790 e. The summed E-state index contributed by atoms with van der Waals surface area (Å²) in [6.45, 7) is 0.754. The number of aliphatic hydroxyl groups excluding tert-OH is 1. The van der Waals surface area contributed by atoms with E-state index in [1.807, 2.05) is 0 Å². The molecule has 0 radical (unpaired) electrons. The SMILES string of the molecule is CCCCCCCCCCCCCCCC(=O)O[C@H](COCO)COP(=O)([O-])[O-].[Na+].[Na+]. The Labute approximate surface area is 232 Å². The van der Waals surface area contributed by atoms with Gasteiger partial charge in [-0.2, -0.15) is 0 Å². The number of unbranched alkanes of at least 4 members (excludes halogenated alkanes) is 12. The molecule has 0 spiro atoms. The summed E-state index contributed by atoms with van der Waals surface area (Å²) in [6.07, 6.45) is 14.8. The fraction of sp³-hybridized carbons (Fsp3) is 0.950. The van der Waals surface area contributed by atoms with Crippen molar-refractivity contribution in [1.82, 2.24) is 0 Å². The molecular formula is C20H39Na2O8P. The summed E-state index contributed by atoms with van der Waals surface area (Å²) in [5.74, 6) is -0.505. The summed E-state index contributed by atoms with van der Waals surface area (Å²) in [4.78, 5) is 32.9. The van der Waals surface area contributed by atoms with Crippen molar-refractivity contribution in [2.45, 2.75) is 103 Å². The van der Waals surface area contributed by atoms with Gasteiger partial charge >= 0.3 is 65.1 Å². The van der Waals surface area contributed by atoms with Gasteiger partial charge in [0.15, 0.2) is 0 Å². The van der Waals surface area contributed by atoms with Crippen LogP contribution in [-0.4, -0.2) is 37.2 Å². The van der Waals surface area contributed by atoms with E-state index in [1.165, 1.54) is 57.8 Å². The first kappa shape index (κ1) is 37.1. The third kappa shape index (κ3) is 29.5. The molecular weight excluding hydrogens is 445 g/mol. The molecule has 11 heteroatoms. The number of carbonyl (C=O) groups excluding carboxylic acids is 1. The summed E-state index contributed by atoms with van der Waals surface area (Å²) in [5.41, 5.74) is 0. The second-order valence-electron chi connectivity index (χ2n) is 7.35. The molecule has 0 unspecified atom stereocenters. The summed E-state index contributed by atoms with van der Waals surface area (Å²) in [7, 11) is -5.16. The molecule has 0 aliphatic carbocycles. The number of ether oxygens (including phenoxy) is 2. The van der Waals surface area contributed by atoms with Gasteiger partial charge in [0.25, 0.3) is 0 Å². The van der Waals surface area contributed by atoms with Crippen LogP contribution in [0.4, 0.5) is 0 Å². The molecule has 0 saturated heterocycles. The van der Waals surface area contributed by atoms with Crippen molar-refractivity contribution in [2.75, 3.05) is 20.0 Å². The van der Waals surface area contributed by atoms with Crippen LogP contribution in [0.15, 0.2) is 0 Å². The molecule has 0 aromatic carbocycles. The van der Waals surface area contributed by atoms with Gasteiger partial charge in [-0.15, -0.1) is 0 Å². The number of esters is 1. The van der Waals surface area contributed by atoms with Crippen molar-refractivity contribution in [1.29, 1.82) is 0 Å². The maximum atomic E-state index is 11.8. The maximum absolute atomic E-state index is 11.8. The third-order valence-electron chi connectivity index (χ3n) is 4.60. The van der Waals surface area contributed by atoms with Crippen LogP contribution in [-0.2, 0) is 23.4 Å². The predicted octanol–water partition coefficient (Wildman–Crippen LogP) is -2.80. The minimum Gasteiger partial charge on any atom is -0.790 e. The molecule has 1 atom stereocenters. The normalized spacial score (nSPS) is 12.0. The second-order valence-corrected chi connectivity index (χ2v) is 8.50. The first-order valence-electron chi connectivity index (χ1n) is 10.9. The van der Waals surface area contributed by atoms with E-state index >= 15 is 0 Å². The summed E-state index contributed by atoms with van der Waals surface area (Å²) >= 11 is 0. The first-order valence-corrected chi connectivity index (χ1v) is 12.4. The van der Waals surface area contributed by atoms with Gasteiger partial charge in [0.2, 0.25) is 0 Å². The molecule has 0 aliphatic heterocycles. The first-order chi connectivity index (χ1) is 13.9. The Kier molecular flexibility index (Phi) is 31.2. The van der Waals surface area contributed by atoms with Gasteiger partial charge in [-0.25, -0.2) is 0 Å². The van der Waals surface area contributed by atoms with E-state index in [-0.39, 0.29) is 72.1 Å². The molecule has 31 heavy (non-hydrogen) atoms. The number of phosphoric ester groups is 1. The van der Waals surface area contributed by atoms with Crippen molar-refractivity contribution >= 4 is 13.8 Å². The summed E-state index contributed by atoms with van der Waals surface area (Å²) in [6, 6.07) is 0. The molecule has 0 fully saturated rings. The van der Waals surface area contributed by atoms with E-state index in [0.717, 1.165) is 19.3 Å². The molecule has 0 rings (SSSR count). The Balaban J connectivity index is -0.00000392. The average molecular weight is 484 g/mol. The van der Waals surface area contributed by atoms with E-state index in [0.29, 0.717) is 6.42 Å².